The molecule has 0 saturated heterocycles. The standard InChI is InChI=1S/C18H19N3O/c1-2-13-6-8-17(9-7-13)22-12-16-11-18(21-20-16)14-4-3-5-15(19)10-14/h3-11H,2,12,19H2,1H3,(H,20,21). The predicted molar refractivity (Wildman–Crippen MR) is 88.6 cm³/mol. The van der Waals surface area contributed by atoms with Crippen molar-refractivity contribution in [2.75, 3.05) is 5.73 Å². The SMILES string of the molecule is CCc1ccc(OCc2cc(-c3cccc(N)c3)n[nH]2)cc1. The van der Waals surface area contributed by atoms with Gasteiger partial charge in [0.25, 0.3) is 0 Å². The van der Waals surface area contributed by atoms with Crippen LogP contribution >= 0.6 is 0 Å². The fourth-order valence-corrected chi connectivity index (χ4v) is 2.26. The molecule has 0 amide bonds. The van der Waals surface area contributed by atoms with Crippen molar-refractivity contribution in [3.8, 4) is 17.0 Å². The average molecular weight is 293 g/mol. The molecule has 0 bridgehead atoms. The molecule has 2 aromatic carbocycles. The van der Waals surface area contributed by atoms with Crippen molar-refractivity contribution in [1.29, 1.82) is 0 Å². The minimum absolute atomic E-state index is 0.459. The van der Waals surface area contributed by atoms with Crippen molar-refractivity contribution in [3.63, 3.8) is 0 Å². The maximum Gasteiger partial charge on any atom is 0.130 e. The number of nitrogens with one attached hydrogen (secondary N) is 1. The number of H-pyrrole nitrogens is 1. The van der Waals surface area contributed by atoms with Gasteiger partial charge in [-0.3, -0.25) is 5.10 Å². The number of aromatic amines is 1. The highest BCUT2D eigenvalue weighted by Crippen LogP contribution is 2.21. The van der Waals surface area contributed by atoms with E-state index in [9.17, 15) is 0 Å². The van der Waals surface area contributed by atoms with Gasteiger partial charge in [-0.05, 0) is 42.3 Å². The van der Waals surface area contributed by atoms with Crippen LogP contribution in [0.1, 0.15) is 18.2 Å². The lowest BCUT2D eigenvalue weighted by atomic mass is 10.1. The molecule has 3 N–H and O–H groups in total. The molecule has 4 heteroatoms. The second kappa shape index (κ2) is 6.35. The molecule has 0 atom stereocenters. The Kier molecular flexibility index (Phi) is 4.10. The summed E-state index contributed by atoms with van der Waals surface area (Å²) in [5.41, 5.74) is 10.6. The van der Waals surface area contributed by atoms with Gasteiger partial charge in [0, 0.05) is 11.3 Å². The minimum Gasteiger partial charge on any atom is -0.487 e. The molecular weight excluding hydrogens is 274 g/mol. The number of hydrogen-bond acceptors (Lipinski definition) is 3. The number of anilines is 1. The molecule has 22 heavy (non-hydrogen) atoms. The Bertz CT molecular complexity index is 747. The van der Waals surface area contributed by atoms with Crippen molar-refractivity contribution >= 4 is 5.69 Å². The zero-order chi connectivity index (χ0) is 15.4. The number of nitrogens with two attached hydrogens (primary N) is 1. The van der Waals surface area contributed by atoms with E-state index in [-0.39, 0.29) is 0 Å². The van der Waals surface area contributed by atoms with Crippen molar-refractivity contribution in [2.24, 2.45) is 0 Å². The van der Waals surface area contributed by atoms with E-state index in [2.05, 4.69) is 29.3 Å². The van der Waals surface area contributed by atoms with Gasteiger partial charge in [0.05, 0.1) is 11.4 Å². The van der Waals surface area contributed by atoms with Gasteiger partial charge in [0.15, 0.2) is 0 Å². The number of aromatic nitrogens is 2. The van der Waals surface area contributed by atoms with Crippen molar-refractivity contribution in [1.82, 2.24) is 10.2 Å². The van der Waals surface area contributed by atoms with Crippen LogP contribution in [0.3, 0.4) is 0 Å². The average Bonchev–Trinajstić information content (AvgIpc) is 3.02. The van der Waals surface area contributed by atoms with Crippen molar-refractivity contribution in [2.45, 2.75) is 20.0 Å². The lowest BCUT2D eigenvalue weighted by molar-refractivity contribution is 0.301. The Labute approximate surface area is 129 Å². The highest BCUT2D eigenvalue weighted by Gasteiger charge is 2.05. The van der Waals surface area contributed by atoms with E-state index in [1.165, 1.54) is 5.56 Å². The number of ether oxygens (including phenoxy) is 1. The Morgan fingerprint density at radius 3 is 2.64 bits per heavy atom. The summed E-state index contributed by atoms with van der Waals surface area (Å²) in [5, 5.41) is 7.31. The van der Waals surface area contributed by atoms with Crippen LogP contribution in [0.4, 0.5) is 5.69 Å². The smallest absolute Gasteiger partial charge is 0.130 e. The Hall–Kier alpha value is -2.75. The molecular formula is C18H19N3O. The zero-order valence-electron chi connectivity index (χ0n) is 12.5. The van der Waals surface area contributed by atoms with E-state index in [1.54, 1.807) is 0 Å². The summed E-state index contributed by atoms with van der Waals surface area (Å²) in [6.45, 7) is 2.60. The van der Waals surface area contributed by atoms with Gasteiger partial charge in [-0.1, -0.05) is 31.2 Å². The lowest BCUT2D eigenvalue weighted by Gasteiger charge is -2.05. The molecule has 3 rings (SSSR count). The van der Waals surface area contributed by atoms with Crippen LogP contribution in [0.2, 0.25) is 0 Å². The summed E-state index contributed by atoms with van der Waals surface area (Å²) in [7, 11) is 0. The van der Waals surface area contributed by atoms with Crippen LogP contribution in [-0.4, -0.2) is 10.2 Å². The van der Waals surface area contributed by atoms with E-state index in [4.69, 9.17) is 10.5 Å². The molecule has 0 saturated carbocycles. The summed E-state index contributed by atoms with van der Waals surface area (Å²) < 4.78 is 5.77. The second-order valence-electron chi connectivity index (χ2n) is 5.19. The molecule has 0 aliphatic carbocycles. The monoisotopic (exact) mass is 293 g/mol. The van der Waals surface area contributed by atoms with Gasteiger partial charge >= 0.3 is 0 Å². The predicted octanol–water partition coefficient (Wildman–Crippen LogP) is 3.80. The first-order chi connectivity index (χ1) is 10.7. The van der Waals surface area contributed by atoms with Gasteiger partial charge in [-0.25, -0.2) is 0 Å². The first-order valence-electron chi connectivity index (χ1n) is 7.36. The van der Waals surface area contributed by atoms with Crippen LogP contribution in [0.5, 0.6) is 5.75 Å². The van der Waals surface area contributed by atoms with Gasteiger partial charge in [0.1, 0.15) is 12.4 Å². The highest BCUT2D eigenvalue weighted by atomic mass is 16.5. The van der Waals surface area contributed by atoms with Crippen LogP contribution in [0, 0.1) is 0 Å². The fraction of sp³-hybridized carbons (Fsp3) is 0.167. The summed E-state index contributed by atoms with van der Waals surface area (Å²) in [6, 6.07) is 17.8. The summed E-state index contributed by atoms with van der Waals surface area (Å²) >= 11 is 0. The van der Waals surface area contributed by atoms with Crippen LogP contribution < -0.4 is 10.5 Å². The topological polar surface area (TPSA) is 63.9 Å². The van der Waals surface area contributed by atoms with Crippen LogP contribution in [0.25, 0.3) is 11.3 Å². The highest BCUT2D eigenvalue weighted by molar-refractivity contribution is 5.64. The zero-order valence-corrected chi connectivity index (χ0v) is 12.5. The third-order valence-electron chi connectivity index (χ3n) is 3.54. The number of nitrogens with zero attached hydrogens (tertiary/aromatic N) is 1. The molecule has 4 nitrogen and oxygen atoms in total. The minimum atomic E-state index is 0.459. The molecule has 0 unspecified atom stereocenters. The maximum atomic E-state index is 5.80. The lowest BCUT2D eigenvalue weighted by Crippen LogP contribution is -1.95. The van der Waals surface area contributed by atoms with E-state index in [1.807, 2.05) is 42.5 Å². The Balaban J connectivity index is 1.66. The molecule has 0 aliphatic rings. The quantitative estimate of drug-likeness (QED) is 0.703. The second-order valence-corrected chi connectivity index (χ2v) is 5.19. The first-order valence-corrected chi connectivity index (χ1v) is 7.36. The fourth-order valence-electron chi connectivity index (χ4n) is 2.26. The number of hydrogen-bond donors (Lipinski definition) is 2. The third kappa shape index (κ3) is 3.28. The van der Waals surface area contributed by atoms with Crippen LogP contribution in [0.15, 0.2) is 54.6 Å². The van der Waals surface area contributed by atoms with E-state index < -0.39 is 0 Å². The van der Waals surface area contributed by atoms with Gasteiger partial charge in [0.2, 0.25) is 0 Å². The van der Waals surface area contributed by atoms with E-state index >= 15 is 0 Å². The van der Waals surface area contributed by atoms with Crippen LogP contribution in [-0.2, 0) is 13.0 Å². The Morgan fingerprint density at radius 1 is 1.09 bits per heavy atom. The molecule has 0 fully saturated rings. The van der Waals surface area contributed by atoms with Gasteiger partial charge in [-0.15, -0.1) is 0 Å². The number of nitrogen functional groups attached to an aromatic ring is 1. The number of aryl methyl sites for hydroxylation is 1. The van der Waals surface area contributed by atoms with E-state index in [0.717, 1.165) is 34.8 Å². The molecule has 1 heterocycles. The van der Waals surface area contributed by atoms with E-state index in [0.29, 0.717) is 6.61 Å². The molecule has 1 aromatic heterocycles. The molecule has 0 aliphatic heterocycles. The third-order valence-corrected chi connectivity index (χ3v) is 3.54. The Morgan fingerprint density at radius 2 is 1.91 bits per heavy atom. The normalized spacial score (nSPS) is 10.6. The van der Waals surface area contributed by atoms with Gasteiger partial charge < -0.3 is 10.5 Å². The molecule has 0 radical (unpaired) electrons. The van der Waals surface area contributed by atoms with Gasteiger partial charge in [-0.2, -0.15) is 5.10 Å². The summed E-state index contributed by atoms with van der Waals surface area (Å²) in [6.07, 6.45) is 1.03. The summed E-state index contributed by atoms with van der Waals surface area (Å²) in [5.74, 6) is 0.859. The molecule has 3 aromatic rings. The molecule has 112 valence electrons. The largest absolute Gasteiger partial charge is 0.487 e. The van der Waals surface area contributed by atoms with Crippen molar-refractivity contribution < 1.29 is 4.74 Å². The number of benzene rings is 2. The first kappa shape index (κ1) is 14.2. The maximum absolute atomic E-state index is 5.80. The van der Waals surface area contributed by atoms with Crippen molar-refractivity contribution in [3.05, 3.63) is 65.9 Å². The number of rotatable bonds is 5. The molecule has 0 spiro atoms. The summed E-state index contributed by atoms with van der Waals surface area (Å²) in [4.78, 5) is 0.